The van der Waals surface area contributed by atoms with E-state index in [1.165, 1.54) is 36.1 Å². The summed E-state index contributed by atoms with van der Waals surface area (Å²) >= 11 is 1.68. The van der Waals surface area contributed by atoms with Crippen LogP contribution >= 0.6 is 11.3 Å². The van der Waals surface area contributed by atoms with Gasteiger partial charge in [0.1, 0.15) is 0 Å². The van der Waals surface area contributed by atoms with Crippen molar-refractivity contribution in [1.29, 1.82) is 0 Å². The number of likely N-dealkylation sites (tertiary alicyclic amines) is 1. The zero-order valence-corrected chi connectivity index (χ0v) is 19.8. The SMILES string of the molecule is CC1CCN(C(=O)c2cc3c(s2)CCC(C(=O)N2CCN(C4CCCC4)CC2)C3)CC1. The summed E-state index contributed by atoms with van der Waals surface area (Å²) < 4.78 is 0. The highest BCUT2D eigenvalue weighted by Crippen LogP contribution is 2.34. The molecule has 1 saturated carbocycles. The Morgan fingerprint density at radius 1 is 0.903 bits per heavy atom. The number of thiophene rings is 1. The number of nitrogens with zero attached hydrogens (tertiary/aromatic N) is 3. The zero-order valence-electron chi connectivity index (χ0n) is 19.0. The fraction of sp³-hybridized carbons (Fsp3) is 0.760. The van der Waals surface area contributed by atoms with E-state index in [0.29, 0.717) is 5.91 Å². The van der Waals surface area contributed by atoms with Crippen LogP contribution in [0.4, 0.5) is 0 Å². The Morgan fingerprint density at radius 2 is 1.61 bits per heavy atom. The second-order valence-electron chi connectivity index (χ2n) is 10.3. The van der Waals surface area contributed by atoms with Crippen LogP contribution in [0.5, 0.6) is 0 Å². The molecule has 31 heavy (non-hydrogen) atoms. The number of rotatable bonds is 3. The van der Waals surface area contributed by atoms with Crippen molar-refractivity contribution in [3.05, 3.63) is 21.4 Å². The summed E-state index contributed by atoms with van der Waals surface area (Å²) in [5, 5.41) is 0. The number of carbonyl (C=O) groups excluding carboxylic acids is 2. The van der Waals surface area contributed by atoms with Crippen molar-refractivity contribution < 1.29 is 9.59 Å². The molecule has 1 unspecified atom stereocenters. The lowest BCUT2D eigenvalue weighted by molar-refractivity contribution is -0.138. The Bertz CT molecular complexity index is 800. The van der Waals surface area contributed by atoms with Crippen molar-refractivity contribution in [1.82, 2.24) is 14.7 Å². The number of piperidine rings is 1. The van der Waals surface area contributed by atoms with Gasteiger partial charge in [0, 0.05) is 56.1 Å². The predicted molar refractivity (Wildman–Crippen MR) is 125 cm³/mol. The third kappa shape index (κ3) is 4.56. The molecule has 2 aliphatic carbocycles. The second kappa shape index (κ2) is 9.22. The van der Waals surface area contributed by atoms with E-state index in [9.17, 15) is 9.59 Å². The monoisotopic (exact) mass is 443 g/mol. The Labute approximate surface area is 190 Å². The van der Waals surface area contributed by atoms with Gasteiger partial charge in [-0.2, -0.15) is 0 Å². The van der Waals surface area contributed by atoms with Gasteiger partial charge in [-0.05, 0) is 62.5 Å². The van der Waals surface area contributed by atoms with E-state index in [-0.39, 0.29) is 11.8 Å². The minimum absolute atomic E-state index is 0.0962. The Morgan fingerprint density at radius 3 is 2.32 bits per heavy atom. The average Bonchev–Trinajstić information content (AvgIpc) is 3.48. The summed E-state index contributed by atoms with van der Waals surface area (Å²) in [4.78, 5) is 35.2. The van der Waals surface area contributed by atoms with Gasteiger partial charge in [-0.25, -0.2) is 0 Å². The molecule has 0 aromatic carbocycles. The molecule has 2 saturated heterocycles. The Hall–Kier alpha value is -1.40. The standard InChI is InChI=1S/C25H37N3O2S/c1-18-8-10-27(11-9-18)25(30)23-17-20-16-19(6-7-22(20)31-23)24(29)28-14-12-26(13-15-28)21-4-2-3-5-21/h17-19,21H,2-16H2,1H3. The fourth-order valence-corrected chi connectivity index (χ4v) is 7.22. The van der Waals surface area contributed by atoms with E-state index in [4.69, 9.17) is 0 Å². The van der Waals surface area contributed by atoms with Crippen LogP contribution in [0.2, 0.25) is 0 Å². The molecule has 1 aromatic heterocycles. The number of fused-ring (bicyclic) bond motifs is 1. The van der Waals surface area contributed by atoms with E-state index in [2.05, 4.69) is 22.8 Å². The zero-order chi connectivity index (χ0) is 21.4. The van der Waals surface area contributed by atoms with Gasteiger partial charge in [0.2, 0.25) is 5.91 Å². The topological polar surface area (TPSA) is 43.9 Å². The van der Waals surface area contributed by atoms with E-state index in [0.717, 1.165) is 88.2 Å². The van der Waals surface area contributed by atoms with Gasteiger partial charge in [-0.1, -0.05) is 19.8 Å². The molecule has 170 valence electrons. The maximum atomic E-state index is 13.2. The smallest absolute Gasteiger partial charge is 0.263 e. The third-order valence-corrected chi connectivity index (χ3v) is 9.41. The summed E-state index contributed by atoms with van der Waals surface area (Å²) in [6, 6.07) is 2.87. The van der Waals surface area contributed by atoms with Crippen LogP contribution in [0, 0.1) is 11.8 Å². The van der Waals surface area contributed by atoms with Crippen LogP contribution < -0.4 is 0 Å². The number of carbonyl (C=O) groups is 2. The molecule has 4 aliphatic rings. The van der Waals surface area contributed by atoms with Crippen LogP contribution in [-0.2, 0) is 17.6 Å². The van der Waals surface area contributed by atoms with Crippen molar-refractivity contribution in [3.8, 4) is 0 Å². The van der Waals surface area contributed by atoms with Crippen molar-refractivity contribution >= 4 is 23.2 Å². The summed E-state index contributed by atoms with van der Waals surface area (Å²) in [6.45, 7) is 7.91. The van der Waals surface area contributed by atoms with Crippen molar-refractivity contribution in [3.63, 3.8) is 0 Å². The van der Waals surface area contributed by atoms with Crippen molar-refractivity contribution in [2.24, 2.45) is 11.8 Å². The molecule has 3 heterocycles. The first kappa shape index (κ1) is 21.4. The number of aryl methyl sites for hydroxylation is 1. The lowest BCUT2D eigenvalue weighted by Gasteiger charge is -2.39. The second-order valence-corrected chi connectivity index (χ2v) is 11.4. The molecule has 1 atom stereocenters. The highest BCUT2D eigenvalue weighted by molar-refractivity contribution is 7.14. The first-order valence-corrected chi connectivity index (χ1v) is 13.3. The summed E-state index contributed by atoms with van der Waals surface area (Å²) in [5.74, 6) is 1.38. The number of hydrogen-bond donors (Lipinski definition) is 0. The van der Waals surface area contributed by atoms with Gasteiger partial charge in [0.25, 0.3) is 5.91 Å². The number of piperazine rings is 1. The Kier molecular flexibility index (Phi) is 6.38. The lowest BCUT2D eigenvalue weighted by Crippen LogP contribution is -2.53. The van der Waals surface area contributed by atoms with Gasteiger partial charge < -0.3 is 9.80 Å². The average molecular weight is 444 g/mol. The molecular weight excluding hydrogens is 406 g/mol. The van der Waals surface area contributed by atoms with E-state index >= 15 is 0 Å². The molecule has 5 rings (SSSR count). The van der Waals surface area contributed by atoms with Crippen molar-refractivity contribution in [2.75, 3.05) is 39.3 Å². The van der Waals surface area contributed by atoms with Gasteiger partial charge in [0.05, 0.1) is 4.88 Å². The maximum absolute atomic E-state index is 13.2. The molecule has 0 spiro atoms. The first-order chi connectivity index (χ1) is 15.1. The van der Waals surface area contributed by atoms with Gasteiger partial charge in [0.15, 0.2) is 0 Å². The van der Waals surface area contributed by atoms with Crippen molar-refractivity contribution in [2.45, 2.75) is 70.8 Å². The van der Waals surface area contributed by atoms with Gasteiger partial charge >= 0.3 is 0 Å². The molecule has 5 nitrogen and oxygen atoms in total. The molecule has 2 aliphatic heterocycles. The quantitative estimate of drug-likeness (QED) is 0.714. The highest BCUT2D eigenvalue weighted by atomic mass is 32.1. The van der Waals surface area contributed by atoms with E-state index in [1.54, 1.807) is 11.3 Å². The molecule has 1 aromatic rings. The molecule has 3 fully saturated rings. The van der Waals surface area contributed by atoms with E-state index < -0.39 is 0 Å². The lowest BCUT2D eigenvalue weighted by atomic mass is 9.87. The first-order valence-electron chi connectivity index (χ1n) is 12.5. The van der Waals surface area contributed by atoms with Crippen LogP contribution in [0.15, 0.2) is 6.07 Å². The Balaban J connectivity index is 1.17. The number of hydrogen-bond acceptors (Lipinski definition) is 4. The third-order valence-electron chi connectivity index (χ3n) is 8.18. The fourth-order valence-electron chi connectivity index (χ4n) is 6.04. The molecule has 0 radical (unpaired) electrons. The summed E-state index contributed by atoms with van der Waals surface area (Å²) in [5.41, 5.74) is 1.26. The predicted octanol–water partition coefficient (Wildman–Crippen LogP) is 3.81. The molecule has 2 amide bonds. The molecule has 6 heteroatoms. The molecular formula is C25H37N3O2S. The van der Waals surface area contributed by atoms with Crippen LogP contribution in [0.3, 0.4) is 0 Å². The van der Waals surface area contributed by atoms with E-state index in [1.807, 2.05) is 4.90 Å². The largest absolute Gasteiger partial charge is 0.340 e. The molecule has 0 N–H and O–H groups in total. The number of amides is 2. The molecule has 0 bridgehead atoms. The summed E-state index contributed by atoms with van der Waals surface area (Å²) in [7, 11) is 0. The van der Waals surface area contributed by atoms with Crippen LogP contribution in [-0.4, -0.2) is 71.8 Å². The minimum Gasteiger partial charge on any atom is -0.340 e. The normalized spacial score (nSPS) is 26.3. The highest BCUT2D eigenvalue weighted by Gasteiger charge is 2.34. The maximum Gasteiger partial charge on any atom is 0.263 e. The van der Waals surface area contributed by atoms with Gasteiger partial charge in [-0.3, -0.25) is 14.5 Å². The van der Waals surface area contributed by atoms with Crippen LogP contribution in [0.1, 0.15) is 72.0 Å². The van der Waals surface area contributed by atoms with Crippen LogP contribution in [0.25, 0.3) is 0 Å². The van der Waals surface area contributed by atoms with Gasteiger partial charge in [-0.15, -0.1) is 11.3 Å². The minimum atomic E-state index is 0.0962. The summed E-state index contributed by atoms with van der Waals surface area (Å²) in [6.07, 6.45) is 10.4.